The Morgan fingerprint density at radius 1 is 1.29 bits per heavy atom. The number of piperidine rings is 1. The smallest absolute Gasteiger partial charge is 0.225 e. The molecule has 110 valence electrons. The molecule has 1 N–H and O–H groups in total. The lowest BCUT2D eigenvalue weighted by atomic mass is 10.0. The molecule has 1 aliphatic heterocycles. The van der Waals surface area contributed by atoms with Gasteiger partial charge in [0, 0.05) is 25.0 Å². The van der Waals surface area contributed by atoms with Gasteiger partial charge in [-0.25, -0.2) is 4.39 Å². The molecule has 1 amide bonds. The summed E-state index contributed by atoms with van der Waals surface area (Å²) in [5, 5.41) is 11.9. The maximum Gasteiger partial charge on any atom is 0.225 e. The first-order valence-electron chi connectivity index (χ1n) is 7.42. The molecule has 1 aromatic carbocycles. The number of nitrogens with one attached hydrogen (secondary N) is 1. The molecule has 21 heavy (non-hydrogen) atoms. The number of nitrogens with zero attached hydrogens (tertiary/aromatic N) is 2. The topological polar surface area (TPSA) is 56.1 Å². The van der Waals surface area contributed by atoms with Crippen molar-refractivity contribution in [3.8, 4) is 6.07 Å². The lowest BCUT2D eigenvalue weighted by molar-refractivity contribution is -0.133. The van der Waals surface area contributed by atoms with Crippen LogP contribution in [0.3, 0.4) is 0 Å². The van der Waals surface area contributed by atoms with Gasteiger partial charge in [-0.3, -0.25) is 4.79 Å². The zero-order chi connectivity index (χ0) is 14.8. The van der Waals surface area contributed by atoms with E-state index in [9.17, 15) is 9.18 Å². The SMILES string of the molecule is N#Cc1ccc(NC2CCN(C(=O)C3CC3)CC2)c(F)c1. The minimum absolute atomic E-state index is 0.177. The van der Waals surface area contributed by atoms with Gasteiger partial charge >= 0.3 is 0 Å². The molecule has 0 atom stereocenters. The van der Waals surface area contributed by atoms with Gasteiger partial charge < -0.3 is 10.2 Å². The second-order valence-corrected chi connectivity index (χ2v) is 5.82. The first-order chi connectivity index (χ1) is 10.2. The zero-order valence-electron chi connectivity index (χ0n) is 11.8. The standard InChI is InChI=1S/C16H18FN3O/c17-14-9-11(10-18)1-4-15(14)19-13-5-7-20(8-6-13)16(21)12-2-3-12/h1,4,9,12-13,19H,2-3,5-8H2. The third-order valence-electron chi connectivity index (χ3n) is 4.19. The van der Waals surface area contributed by atoms with Crippen LogP contribution >= 0.6 is 0 Å². The molecule has 1 aromatic rings. The first-order valence-corrected chi connectivity index (χ1v) is 7.42. The number of hydrogen-bond acceptors (Lipinski definition) is 3. The molecule has 4 nitrogen and oxygen atoms in total. The van der Waals surface area contributed by atoms with Gasteiger partial charge in [-0.05, 0) is 43.9 Å². The molecule has 1 saturated carbocycles. The van der Waals surface area contributed by atoms with E-state index in [1.54, 1.807) is 12.1 Å². The van der Waals surface area contributed by atoms with E-state index in [0.717, 1.165) is 38.8 Å². The van der Waals surface area contributed by atoms with Crippen LogP contribution in [0.4, 0.5) is 10.1 Å². The van der Waals surface area contributed by atoms with Gasteiger partial charge in [-0.15, -0.1) is 0 Å². The van der Waals surface area contributed by atoms with Crippen molar-refractivity contribution in [3.63, 3.8) is 0 Å². The lowest BCUT2D eigenvalue weighted by Gasteiger charge is -2.33. The van der Waals surface area contributed by atoms with Crippen LogP contribution in [0, 0.1) is 23.1 Å². The normalized spacial score (nSPS) is 19.1. The monoisotopic (exact) mass is 287 g/mol. The molecule has 0 spiro atoms. The Kier molecular flexibility index (Phi) is 3.78. The number of likely N-dealkylation sites (tertiary alicyclic amines) is 1. The van der Waals surface area contributed by atoms with Gasteiger partial charge in [0.25, 0.3) is 0 Å². The number of carbonyl (C=O) groups excluding carboxylic acids is 1. The maximum absolute atomic E-state index is 13.8. The van der Waals surface area contributed by atoms with Crippen molar-refractivity contribution in [3.05, 3.63) is 29.6 Å². The second kappa shape index (κ2) is 5.72. The van der Waals surface area contributed by atoms with E-state index in [0.29, 0.717) is 11.3 Å². The number of hydrogen-bond donors (Lipinski definition) is 1. The van der Waals surface area contributed by atoms with E-state index in [4.69, 9.17) is 5.26 Å². The number of benzene rings is 1. The molecule has 3 rings (SSSR count). The van der Waals surface area contributed by atoms with E-state index in [1.807, 2.05) is 11.0 Å². The predicted octanol–water partition coefficient (Wildman–Crippen LogP) is 2.51. The van der Waals surface area contributed by atoms with Crippen LogP contribution in [-0.2, 0) is 4.79 Å². The Morgan fingerprint density at radius 2 is 2.00 bits per heavy atom. The van der Waals surface area contributed by atoms with Crippen molar-refractivity contribution in [2.24, 2.45) is 5.92 Å². The van der Waals surface area contributed by atoms with Crippen molar-refractivity contribution in [2.45, 2.75) is 31.7 Å². The third-order valence-corrected chi connectivity index (χ3v) is 4.19. The number of anilines is 1. The van der Waals surface area contributed by atoms with Crippen LogP contribution in [0.5, 0.6) is 0 Å². The van der Waals surface area contributed by atoms with Crippen molar-refractivity contribution in [1.82, 2.24) is 4.90 Å². The van der Waals surface area contributed by atoms with Crippen LogP contribution in [0.25, 0.3) is 0 Å². The largest absolute Gasteiger partial charge is 0.380 e. The van der Waals surface area contributed by atoms with E-state index in [2.05, 4.69) is 5.32 Å². The van der Waals surface area contributed by atoms with Crippen LogP contribution in [0.2, 0.25) is 0 Å². The molecule has 1 heterocycles. The zero-order valence-corrected chi connectivity index (χ0v) is 11.8. The van der Waals surface area contributed by atoms with Gasteiger partial charge in [-0.1, -0.05) is 0 Å². The summed E-state index contributed by atoms with van der Waals surface area (Å²) in [4.78, 5) is 13.9. The fourth-order valence-electron chi connectivity index (χ4n) is 2.75. The number of nitriles is 1. The summed E-state index contributed by atoms with van der Waals surface area (Å²) in [6.07, 6.45) is 3.73. The fraction of sp³-hybridized carbons (Fsp3) is 0.500. The molecule has 0 bridgehead atoms. The van der Waals surface area contributed by atoms with Gasteiger partial charge in [0.1, 0.15) is 5.82 Å². The summed E-state index contributed by atoms with van der Waals surface area (Å²) >= 11 is 0. The Balaban J connectivity index is 1.55. The Labute approximate surface area is 123 Å². The van der Waals surface area contributed by atoms with Gasteiger partial charge in [0.15, 0.2) is 0 Å². The van der Waals surface area contributed by atoms with E-state index < -0.39 is 5.82 Å². The highest BCUT2D eigenvalue weighted by atomic mass is 19.1. The number of rotatable bonds is 3. The van der Waals surface area contributed by atoms with Crippen molar-refractivity contribution >= 4 is 11.6 Å². The quantitative estimate of drug-likeness (QED) is 0.929. The number of halogens is 1. The number of carbonyl (C=O) groups is 1. The lowest BCUT2D eigenvalue weighted by Crippen LogP contribution is -2.43. The van der Waals surface area contributed by atoms with E-state index in [1.165, 1.54) is 6.07 Å². The average Bonchev–Trinajstić information content (AvgIpc) is 3.34. The molecular formula is C16H18FN3O. The minimum atomic E-state index is -0.398. The molecule has 0 radical (unpaired) electrons. The van der Waals surface area contributed by atoms with E-state index in [-0.39, 0.29) is 17.9 Å². The summed E-state index contributed by atoms with van der Waals surface area (Å²) in [6, 6.07) is 6.56. The Hall–Kier alpha value is -2.09. The van der Waals surface area contributed by atoms with Crippen LogP contribution in [-0.4, -0.2) is 29.9 Å². The van der Waals surface area contributed by atoms with Crippen LogP contribution in [0.15, 0.2) is 18.2 Å². The molecule has 2 fully saturated rings. The second-order valence-electron chi connectivity index (χ2n) is 5.82. The van der Waals surface area contributed by atoms with E-state index >= 15 is 0 Å². The average molecular weight is 287 g/mol. The molecule has 0 unspecified atom stereocenters. The highest BCUT2D eigenvalue weighted by Crippen LogP contribution is 2.32. The highest BCUT2D eigenvalue weighted by Gasteiger charge is 2.34. The van der Waals surface area contributed by atoms with Crippen LogP contribution < -0.4 is 5.32 Å². The Bertz CT molecular complexity index is 584. The molecular weight excluding hydrogens is 269 g/mol. The molecule has 1 saturated heterocycles. The fourth-order valence-corrected chi connectivity index (χ4v) is 2.75. The third kappa shape index (κ3) is 3.15. The predicted molar refractivity (Wildman–Crippen MR) is 77.1 cm³/mol. The molecule has 5 heteroatoms. The first kappa shape index (κ1) is 13.9. The number of amides is 1. The van der Waals surface area contributed by atoms with Gasteiger partial charge in [0.05, 0.1) is 17.3 Å². The molecule has 2 aliphatic rings. The maximum atomic E-state index is 13.8. The van der Waals surface area contributed by atoms with Crippen molar-refractivity contribution < 1.29 is 9.18 Å². The highest BCUT2D eigenvalue weighted by molar-refractivity contribution is 5.81. The van der Waals surface area contributed by atoms with Crippen LogP contribution in [0.1, 0.15) is 31.2 Å². The molecule has 1 aliphatic carbocycles. The van der Waals surface area contributed by atoms with Gasteiger partial charge in [-0.2, -0.15) is 5.26 Å². The summed E-state index contributed by atoms with van der Waals surface area (Å²) < 4.78 is 13.8. The van der Waals surface area contributed by atoms with Gasteiger partial charge in [0.2, 0.25) is 5.91 Å². The summed E-state index contributed by atoms with van der Waals surface area (Å²) in [6.45, 7) is 1.48. The Morgan fingerprint density at radius 3 is 2.57 bits per heavy atom. The van der Waals surface area contributed by atoms with Crippen molar-refractivity contribution in [2.75, 3.05) is 18.4 Å². The summed E-state index contributed by atoms with van der Waals surface area (Å²) in [7, 11) is 0. The summed E-state index contributed by atoms with van der Waals surface area (Å²) in [5.41, 5.74) is 0.754. The van der Waals surface area contributed by atoms with Crippen molar-refractivity contribution in [1.29, 1.82) is 5.26 Å². The molecule has 0 aromatic heterocycles. The minimum Gasteiger partial charge on any atom is -0.380 e. The summed E-state index contributed by atoms with van der Waals surface area (Å²) in [5.74, 6) is 0.161.